The maximum atomic E-state index is 11.8. The van der Waals surface area contributed by atoms with E-state index in [1.54, 1.807) is 0 Å². The highest BCUT2D eigenvalue weighted by atomic mass is 16.5. The Morgan fingerprint density at radius 2 is 2.16 bits per heavy atom. The lowest BCUT2D eigenvalue weighted by Gasteiger charge is -2.45. The molecule has 0 unspecified atom stereocenters. The largest absolute Gasteiger partial charge is 0.462 e. The van der Waals surface area contributed by atoms with Crippen molar-refractivity contribution in [3.63, 3.8) is 0 Å². The van der Waals surface area contributed by atoms with E-state index in [-0.39, 0.29) is 11.5 Å². The zero-order valence-corrected chi connectivity index (χ0v) is 12.5. The summed E-state index contributed by atoms with van der Waals surface area (Å²) in [7, 11) is 2.12. The van der Waals surface area contributed by atoms with E-state index in [0.29, 0.717) is 18.1 Å². The second-order valence-corrected chi connectivity index (χ2v) is 5.97. The summed E-state index contributed by atoms with van der Waals surface area (Å²) in [6, 6.07) is 5.89. The second kappa shape index (κ2) is 4.87. The molecule has 1 atom stereocenters. The predicted molar refractivity (Wildman–Crippen MR) is 77.9 cm³/mol. The molecule has 1 aliphatic rings. The Morgan fingerprint density at radius 3 is 2.79 bits per heavy atom. The van der Waals surface area contributed by atoms with Gasteiger partial charge in [0.2, 0.25) is 0 Å². The fourth-order valence-corrected chi connectivity index (χ4v) is 2.92. The number of rotatable bonds is 2. The molecule has 0 aromatic heterocycles. The van der Waals surface area contributed by atoms with Crippen LogP contribution in [0.15, 0.2) is 18.2 Å². The standard InChI is InChI=1S/C16H23NO2/c1-6-19-15(18)12-7-8-14-13(9-12)11(2)10-16(3,4)17(14)5/h7-9,11H,6,10H2,1-5H3/t11-/m1/s1. The number of hydrogen-bond acceptors (Lipinski definition) is 3. The molecule has 19 heavy (non-hydrogen) atoms. The van der Waals surface area contributed by atoms with Gasteiger partial charge in [-0.3, -0.25) is 0 Å². The molecule has 2 rings (SSSR count). The molecule has 0 aliphatic carbocycles. The maximum Gasteiger partial charge on any atom is 0.338 e. The summed E-state index contributed by atoms with van der Waals surface area (Å²) in [5.74, 6) is 0.223. The zero-order valence-electron chi connectivity index (χ0n) is 12.5. The van der Waals surface area contributed by atoms with E-state index in [1.165, 1.54) is 11.3 Å². The van der Waals surface area contributed by atoms with Crippen LogP contribution in [0.25, 0.3) is 0 Å². The third kappa shape index (κ3) is 2.46. The van der Waals surface area contributed by atoms with E-state index < -0.39 is 0 Å². The smallest absolute Gasteiger partial charge is 0.338 e. The van der Waals surface area contributed by atoms with Crippen molar-refractivity contribution in [2.75, 3.05) is 18.6 Å². The Kier molecular flexibility index (Phi) is 3.57. The lowest BCUT2D eigenvalue weighted by atomic mass is 9.80. The first kappa shape index (κ1) is 13.9. The molecule has 0 saturated heterocycles. The number of esters is 1. The Labute approximate surface area is 115 Å². The zero-order chi connectivity index (χ0) is 14.2. The van der Waals surface area contributed by atoms with Crippen molar-refractivity contribution in [2.45, 2.75) is 45.6 Å². The van der Waals surface area contributed by atoms with Crippen LogP contribution in [0, 0.1) is 0 Å². The molecule has 0 saturated carbocycles. The monoisotopic (exact) mass is 261 g/mol. The van der Waals surface area contributed by atoms with E-state index in [1.807, 2.05) is 25.1 Å². The summed E-state index contributed by atoms with van der Waals surface area (Å²) in [5.41, 5.74) is 3.27. The summed E-state index contributed by atoms with van der Waals surface area (Å²) in [5, 5.41) is 0. The number of hydrogen-bond donors (Lipinski definition) is 0. The van der Waals surface area contributed by atoms with Crippen LogP contribution in [0.1, 0.15) is 56.0 Å². The summed E-state index contributed by atoms with van der Waals surface area (Å²) in [6.07, 6.45) is 1.09. The van der Waals surface area contributed by atoms with Gasteiger partial charge in [0, 0.05) is 18.3 Å². The predicted octanol–water partition coefficient (Wildman–Crippen LogP) is 3.59. The normalized spacial score (nSPS) is 20.9. The van der Waals surface area contributed by atoms with Gasteiger partial charge >= 0.3 is 5.97 Å². The first-order chi connectivity index (χ1) is 8.86. The van der Waals surface area contributed by atoms with E-state index in [9.17, 15) is 4.79 Å². The van der Waals surface area contributed by atoms with Crippen LogP contribution < -0.4 is 4.90 Å². The molecule has 0 radical (unpaired) electrons. The van der Waals surface area contributed by atoms with Gasteiger partial charge in [-0.15, -0.1) is 0 Å². The topological polar surface area (TPSA) is 29.5 Å². The van der Waals surface area contributed by atoms with Crippen molar-refractivity contribution in [2.24, 2.45) is 0 Å². The summed E-state index contributed by atoms with van der Waals surface area (Å²) < 4.78 is 5.07. The first-order valence-electron chi connectivity index (χ1n) is 6.91. The van der Waals surface area contributed by atoms with E-state index in [4.69, 9.17) is 4.74 Å². The van der Waals surface area contributed by atoms with E-state index in [2.05, 4.69) is 32.7 Å². The number of nitrogens with zero attached hydrogens (tertiary/aromatic N) is 1. The van der Waals surface area contributed by atoms with Crippen LogP contribution in [0.4, 0.5) is 5.69 Å². The lowest BCUT2D eigenvalue weighted by molar-refractivity contribution is 0.0526. The van der Waals surface area contributed by atoms with Crippen molar-refractivity contribution < 1.29 is 9.53 Å². The van der Waals surface area contributed by atoms with Crippen molar-refractivity contribution in [1.82, 2.24) is 0 Å². The average Bonchev–Trinajstić information content (AvgIpc) is 2.35. The molecule has 3 nitrogen and oxygen atoms in total. The average molecular weight is 261 g/mol. The molecule has 1 aromatic rings. The van der Waals surface area contributed by atoms with Crippen LogP contribution in [0.2, 0.25) is 0 Å². The van der Waals surface area contributed by atoms with Gasteiger partial charge in [-0.05, 0) is 56.9 Å². The minimum absolute atomic E-state index is 0.151. The number of anilines is 1. The Balaban J connectivity index is 2.41. The molecular weight excluding hydrogens is 238 g/mol. The SMILES string of the molecule is CCOC(=O)c1ccc2c(c1)[C@H](C)CC(C)(C)N2C. The molecule has 1 heterocycles. The molecule has 0 N–H and O–H groups in total. The van der Waals surface area contributed by atoms with Gasteiger partial charge in [0.15, 0.2) is 0 Å². The number of carbonyl (C=O) groups excluding carboxylic acids is 1. The van der Waals surface area contributed by atoms with Crippen LogP contribution >= 0.6 is 0 Å². The molecule has 1 aliphatic heterocycles. The van der Waals surface area contributed by atoms with Crippen LogP contribution in [0.5, 0.6) is 0 Å². The van der Waals surface area contributed by atoms with Gasteiger partial charge in [-0.1, -0.05) is 6.92 Å². The van der Waals surface area contributed by atoms with E-state index in [0.717, 1.165) is 6.42 Å². The first-order valence-corrected chi connectivity index (χ1v) is 6.91. The molecule has 3 heteroatoms. The number of fused-ring (bicyclic) bond motifs is 1. The summed E-state index contributed by atoms with van der Waals surface area (Å²) in [6.45, 7) is 8.98. The fourth-order valence-electron chi connectivity index (χ4n) is 2.92. The number of benzene rings is 1. The van der Waals surface area contributed by atoms with Crippen LogP contribution in [-0.2, 0) is 4.74 Å². The highest BCUT2D eigenvalue weighted by Crippen LogP contribution is 2.42. The number of carbonyl (C=O) groups is 1. The minimum atomic E-state index is -0.231. The number of ether oxygens (including phenoxy) is 1. The molecule has 0 bridgehead atoms. The third-order valence-electron chi connectivity index (χ3n) is 4.14. The van der Waals surface area contributed by atoms with Gasteiger partial charge in [-0.2, -0.15) is 0 Å². The Bertz CT molecular complexity index is 494. The summed E-state index contributed by atoms with van der Waals surface area (Å²) >= 11 is 0. The quantitative estimate of drug-likeness (QED) is 0.762. The van der Waals surface area contributed by atoms with E-state index >= 15 is 0 Å². The van der Waals surface area contributed by atoms with Crippen molar-refractivity contribution in [3.05, 3.63) is 29.3 Å². The van der Waals surface area contributed by atoms with Crippen LogP contribution in [-0.4, -0.2) is 25.2 Å². The van der Waals surface area contributed by atoms with Crippen LogP contribution in [0.3, 0.4) is 0 Å². The molecule has 104 valence electrons. The lowest BCUT2D eigenvalue weighted by Crippen LogP contribution is -2.45. The van der Waals surface area contributed by atoms with Gasteiger partial charge in [0.05, 0.1) is 12.2 Å². The van der Waals surface area contributed by atoms with Gasteiger partial charge < -0.3 is 9.64 Å². The van der Waals surface area contributed by atoms with Crippen molar-refractivity contribution >= 4 is 11.7 Å². The maximum absolute atomic E-state index is 11.8. The molecular formula is C16H23NO2. The van der Waals surface area contributed by atoms with Gasteiger partial charge in [-0.25, -0.2) is 4.79 Å². The summed E-state index contributed by atoms with van der Waals surface area (Å²) in [4.78, 5) is 14.1. The van der Waals surface area contributed by atoms with Crippen molar-refractivity contribution in [1.29, 1.82) is 0 Å². The Hall–Kier alpha value is -1.51. The highest BCUT2D eigenvalue weighted by Gasteiger charge is 2.34. The molecule has 0 spiro atoms. The highest BCUT2D eigenvalue weighted by molar-refractivity contribution is 5.90. The van der Waals surface area contributed by atoms with Gasteiger partial charge in [0.1, 0.15) is 0 Å². The third-order valence-corrected chi connectivity index (χ3v) is 4.14. The minimum Gasteiger partial charge on any atom is -0.462 e. The molecule has 1 aromatic carbocycles. The fraction of sp³-hybridized carbons (Fsp3) is 0.562. The molecule has 0 fully saturated rings. The molecule has 0 amide bonds. The Morgan fingerprint density at radius 1 is 1.47 bits per heavy atom. The van der Waals surface area contributed by atoms with Crippen molar-refractivity contribution in [3.8, 4) is 0 Å². The second-order valence-electron chi connectivity index (χ2n) is 5.97. The van der Waals surface area contributed by atoms with Gasteiger partial charge in [0.25, 0.3) is 0 Å².